The number of nitrogens with zero attached hydrogens (tertiary/aromatic N) is 1. The highest BCUT2D eigenvalue weighted by molar-refractivity contribution is 6.34. The monoisotopic (exact) mass is 360 g/mol. The number of benzene rings is 2. The number of carbonyl (C=O) groups is 1. The van der Waals surface area contributed by atoms with Crippen LogP contribution < -0.4 is 10.1 Å². The van der Waals surface area contributed by atoms with Crippen molar-refractivity contribution < 1.29 is 14.5 Å². The molecule has 0 radical (unpaired) electrons. The van der Waals surface area contributed by atoms with Crippen LogP contribution in [0.15, 0.2) is 42.5 Å². The van der Waals surface area contributed by atoms with E-state index in [1.165, 1.54) is 18.2 Å². The smallest absolute Gasteiger partial charge is 0.270 e. The molecule has 130 valence electrons. The fourth-order valence-corrected chi connectivity index (χ4v) is 3.17. The topological polar surface area (TPSA) is 81.5 Å². The van der Waals surface area contributed by atoms with Crippen molar-refractivity contribution in [1.29, 1.82) is 0 Å². The minimum atomic E-state index is -0.556. The molecule has 3 rings (SSSR count). The third-order valence-electron chi connectivity index (χ3n) is 4.09. The first-order valence-corrected chi connectivity index (χ1v) is 8.17. The lowest BCUT2D eigenvalue weighted by molar-refractivity contribution is -0.384. The summed E-state index contributed by atoms with van der Waals surface area (Å²) in [6, 6.07) is 11.0. The van der Waals surface area contributed by atoms with Crippen molar-refractivity contribution in [1.82, 2.24) is 5.32 Å². The number of amides is 1. The van der Waals surface area contributed by atoms with Gasteiger partial charge in [0.05, 0.1) is 21.6 Å². The van der Waals surface area contributed by atoms with Crippen molar-refractivity contribution in [2.75, 3.05) is 0 Å². The Kier molecular flexibility index (Phi) is 4.39. The lowest BCUT2D eigenvalue weighted by Gasteiger charge is -2.37. The molecular weight excluding hydrogens is 344 g/mol. The molecule has 1 aliphatic rings. The quantitative estimate of drug-likeness (QED) is 0.654. The molecule has 0 spiro atoms. The van der Waals surface area contributed by atoms with E-state index in [-0.39, 0.29) is 22.3 Å². The summed E-state index contributed by atoms with van der Waals surface area (Å²) < 4.78 is 5.94. The second kappa shape index (κ2) is 6.37. The van der Waals surface area contributed by atoms with Gasteiger partial charge in [-0.3, -0.25) is 14.9 Å². The standard InChI is InChI=1S/C18H17ClN2O4/c1-18(2)10-15(12-5-3-4-6-16(12)25-18)20-17(22)13-9-11(21(23)24)7-8-14(13)19/h3-9,15H,10H2,1-2H3,(H,20,22). The van der Waals surface area contributed by atoms with E-state index < -0.39 is 16.4 Å². The number of carbonyl (C=O) groups excluding carboxylic acids is 1. The highest BCUT2D eigenvalue weighted by atomic mass is 35.5. The molecule has 1 N–H and O–H groups in total. The number of halogens is 1. The molecule has 1 unspecified atom stereocenters. The largest absolute Gasteiger partial charge is 0.487 e. The predicted octanol–water partition coefficient (Wildman–Crippen LogP) is 4.28. The lowest BCUT2D eigenvalue weighted by atomic mass is 9.89. The second-order valence-electron chi connectivity index (χ2n) is 6.55. The summed E-state index contributed by atoms with van der Waals surface area (Å²) in [5.41, 5.74) is 0.329. The van der Waals surface area contributed by atoms with Crippen LogP contribution in [0, 0.1) is 10.1 Å². The van der Waals surface area contributed by atoms with Gasteiger partial charge < -0.3 is 10.1 Å². The first-order valence-electron chi connectivity index (χ1n) is 7.79. The summed E-state index contributed by atoms with van der Waals surface area (Å²) >= 11 is 6.06. The van der Waals surface area contributed by atoms with Gasteiger partial charge in [0.1, 0.15) is 11.4 Å². The molecule has 0 aliphatic carbocycles. The van der Waals surface area contributed by atoms with Crippen molar-refractivity contribution in [2.24, 2.45) is 0 Å². The summed E-state index contributed by atoms with van der Waals surface area (Å²) in [6.45, 7) is 3.89. The third kappa shape index (κ3) is 3.58. The number of ether oxygens (including phenoxy) is 1. The van der Waals surface area contributed by atoms with E-state index in [9.17, 15) is 14.9 Å². The molecule has 0 saturated carbocycles. The minimum Gasteiger partial charge on any atom is -0.487 e. The molecule has 0 bridgehead atoms. The zero-order valence-electron chi connectivity index (χ0n) is 13.8. The second-order valence-corrected chi connectivity index (χ2v) is 6.96. The van der Waals surface area contributed by atoms with Gasteiger partial charge in [-0.2, -0.15) is 0 Å². The summed E-state index contributed by atoms with van der Waals surface area (Å²) in [7, 11) is 0. The Hall–Kier alpha value is -2.60. The van der Waals surface area contributed by atoms with Crippen LogP contribution in [0.2, 0.25) is 5.02 Å². The fraction of sp³-hybridized carbons (Fsp3) is 0.278. The molecule has 25 heavy (non-hydrogen) atoms. The van der Waals surface area contributed by atoms with Gasteiger partial charge in [-0.15, -0.1) is 0 Å². The Morgan fingerprint density at radius 2 is 2.04 bits per heavy atom. The van der Waals surface area contributed by atoms with Crippen LogP contribution in [0.3, 0.4) is 0 Å². The van der Waals surface area contributed by atoms with Gasteiger partial charge in [0, 0.05) is 24.1 Å². The zero-order valence-corrected chi connectivity index (χ0v) is 14.5. The third-order valence-corrected chi connectivity index (χ3v) is 4.42. The van der Waals surface area contributed by atoms with E-state index in [1.807, 2.05) is 38.1 Å². The number of hydrogen-bond acceptors (Lipinski definition) is 4. The first-order chi connectivity index (χ1) is 11.8. The number of rotatable bonds is 3. The molecule has 1 aliphatic heterocycles. The number of nitro benzene ring substituents is 1. The van der Waals surface area contributed by atoms with E-state index >= 15 is 0 Å². The maximum atomic E-state index is 12.7. The van der Waals surface area contributed by atoms with E-state index in [0.717, 1.165) is 5.56 Å². The Bertz CT molecular complexity index is 851. The molecule has 2 aromatic carbocycles. The molecule has 2 aromatic rings. The lowest BCUT2D eigenvalue weighted by Crippen LogP contribution is -2.41. The summed E-state index contributed by atoms with van der Waals surface area (Å²) in [4.78, 5) is 23.1. The van der Waals surface area contributed by atoms with E-state index in [2.05, 4.69) is 5.32 Å². The summed E-state index contributed by atoms with van der Waals surface area (Å²) in [5, 5.41) is 14.0. The molecule has 6 nitrogen and oxygen atoms in total. The molecule has 1 amide bonds. The van der Waals surface area contributed by atoms with Gasteiger partial charge in [0.15, 0.2) is 0 Å². The van der Waals surface area contributed by atoms with Crippen molar-refractivity contribution in [3.63, 3.8) is 0 Å². The Morgan fingerprint density at radius 1 is 1.32 bits per heavy atom. The molecule has 0 saturated heterocycles. The van der Waals surface area contributed by atoms with Crippen LogP contribution >= 0.6 is 11.6 Å². The Balaban J connectivity index is 1.91. The Morgan fingerprint density at radius 3 is 2.76 bits per heavy atom. The highest BCUT2D eigenvalue weighted by Gasteiger charge is 2.34. The first kappa shape index (κ1) is 17.2. The van der Waals surface area contributed by atoms with Crippen LogP contribution in [0.25, 0.3) is 0 Å². The highest BCUT2D eigenvalue weighted by Crippen LogP contribution is 2.39. The summed E-state index contributed by atoms with van der Waals surface area (Å²) in [6.07, 6.45) is 0.572. The van der Waals surface area contributed by atoms with Crippen LogP contribution in [0.4, 0.5) is 5.69 Å². The number of para-hydroxylation sites is 1. The van der Waals surface area contributed by atoms with E-state index in [4.69, 9.17) is 16.3 Å². The zero-order chi connectivity index (χ0) is 18.2. The van der Waals surface area contributed by atoms with Gasteiger partial charge >= 0.3 is 0 Å². The molecular formula is C18H17ClN2O4. The average Bonchev–Trinajstić information content (AvgIpc) is 2.53. The van der Waals surface area contributed by atoms with Crippen LogP contribution in [0.1, 0.15) is 42.2 Å². The van der Waals surface area contributed by atoms with E-state index in [1.54, 1.807) is 0 Å². The van der Waals surface area contributed by atoms with Crippen molar-refractivity contribution in [3.05, 3.63) is 68.7 Å². The minimum absolute atomic E-state index is 0.0812. The fourth-order valence-electron chi connectivity index (χ4n) is 2.97. The average molecular weight is 361 g/mol. The Labute approximate surface area is 149 Å². The van der Waals surface area contributed by atoms with Crippen LogP contribution in [0.5, 0.6) is 5.75 Å². The van der Waals surface area contributed by atoms with Crippen LogP contribution in [-0.4, -0.2) is 16.4 Å². The van der Waals surface area contributed by atoms with Gasteiger partial charge in [0.25, 0.3) is 11.6 Å². The molecule has 1 heterocycles. The van der Waals surface area contributed by atoms with Crippen LogP contribution in [-0.2, 0) is 0 Å². The molecule has 1 atom stereocenters. The SMILES string of the molecule is CC1(C)CC(NC(=O)c2cc([N+](=O)[O-])ccc2Cl)c2ccccc2O1. The van der Waals surface area contributed by atoms with Gasteiger partial charge in [-0.25, -0.2) is 0 Å². The number of fused-ring (bicyclic) bond motifs is 1. The van der Waals surface area contributed by atoms with Crippen molar-refractivity contribution in [3.8, 4) is 5.75 Å². The predicted molar refractivity (Wildman–Crippen MR) is 94.1 cm³/mol. The number of nitrogens with one attached hydrogen (secondary N) is 1. The normalized spacial score (nSPS) is 18.0. The number of non-ortho nitro benzene ring substituents is 1. The summed E-state index contributed by atoms with van der Waals surface area (Å²) in [5.74, 6) is 0.264. The number of hydrogen-bond donors (Lipinski definition) is 1. The molecule has 0 fully saturated rings. The maximum Gasteiger partial charge on any atom is 0.270 e. The van der Waals surface area contributed by atoms with Gasteiger partial charge in [0.2, 0.25) is 0 Å². The van der Waals surface area contributed by atoms with Crippen molar-refractivity contribution in [2.45, 2.75) is 31.9 Å². The van der Waals surface area contributed by atoms with Gasteiger partial charge in [-0.05, 0) is 26.0 Å². The van der Waals surface area contributed by atoms with E-state index in [0.29, 0.717) is 12.2 Å². The molecule has 7 heteroatoms. The maximum absolute atomic E-state index is 12.7. The molecule has 0 aromatic heterocycles. The van der Waals surface area contributed by atoms with Gasteiger partial charge in [-0.1, -0.05) is 29.8 Å². The number of nitro groups is 1. The van der Waals surface area contributed by atoms with Crippen molar-refractivity contribution >= 4 is 23.2 Å².